The molecule has 0 saturated carbocycles. The Hall–Kier alpha value is -3.88. The van der Waals surface area contributed by atoms with Crippen molar-refractivity contribution in [2.45, 2.75) is 39.0 Å². The standard InChI is InChI=1S/C27H32N4O5/c1-17(2)26-29-24(30-36-26)15-18-5-8-21(9-6-18)28-25(32)19-11-13-31(14-12-19)27(33)20-7-10-22(34-3)23(16-20)35-4/h5-10,16-17,19H,11-15H2,1-4H3,(H,28,32). The maximum absolute atomic E-state index is 12.9. The summed E-state index contributed by atoms with van der Waals surface area (Å²) in [5.74, 6) is 2.31. The summed E-state index contributed by atoms with van der Waals surface area (Å²) in [7, 11) is 3.10. The first-order valence-corrected chi connectivity index (χ1v) is 12.1. The fourth-order valence-electron chi connectivity index (χ4n) is 4.20. The minimum atomic E-state index is -0.145. The summed E-state index contributed by atoms with van der Waals surface area (Å²) in [6, 6.07) is 12.8. The fraction of sp³-hybridized carbons (Fsp3) is 0.407. The van der Waals surface area contributed by atoms with Gasteiger partial charge >= 0.3 is 0 Å². The molecule has 36 heavy (non-hydrogen) atoms. The molecule has 3 aromatic rings. The van der Waals surface area contributed by atoms with Gasteiger partial charge in [0.25, 0.3) is 5.91 Å². The van der Waals surface area contributed by atoms with Crippen LogP contribution in [-0.2, 0) is 11.2 Å². The van der Waals surface area contributed by atoms with Crippen LogP contribution in [0.5, 0.6) is 11.5 Å². The predicted octanol–water partition coefficient (Wildman–Crippen LogP) is 4.29. The van der Waals surface area contributed by atoms with Gasteiger partial charge in [-0.3, -0.25) is 9.59 Å². The Morgan fingerprint density at radius 1 is 1.06 bits per heavy atom. The van der Waals surface area contributed by atoms with E-state index < -0.39 is 0 Å². The van der Waals surface area contributed by atoms with Crippen molar-refractivity contribution in [3.05, 3.63) is 65.3 Å². The van der Waals surface area contributed by atoms with Crippen molar-refractivity contribution < 1.29 is 23.6 Å². The number of piperidine rings is 1. The van der Waals surface area contributed by atoms with E-state index in [9.17, 15) is 9.59 Å². The lowest BCUT2D eigenvalue weighted by molar-refractivity contribution is -0.121. The second-order valence-electron chi connectivity index (χ2n) is 9.20. The van der Waals surface area contributed by atoms with E-state index in [2.05, 4.69) is 15.5 Å². The van der Waals surface area contributed by atoms with E-state index in [1.54, 1.807) is 37.3 Å². The van der Waals surface area contributed by atoms with Crippen LogP contribution in [0.25, 0.3) is 0 Å². The molecule has 1 saturated heterocycles. The van der Waals surface area contributed by atoms with Gasteiger partial charge in [-0.25, -0.2) is 0 Å². The molecular weight excluding hydrogens is 460 g/mol. The first-order valence-electron chi connectivity index (χ1n) is 12.1. The Balaban J connectivity index is 1.28. The van der Waals surface area contributed by atoms with Crippen LogP contribution in [0.3, 0.4) is 0 Å². The Morgan fingerprint density at radius 3 is 2.36 bits per heavy atom. The number of methoxy groups -OCH3 is 2. The van der Waals surface area contributed by atoms with Gasteiger partial charge in [0, 0.05) is 42.6 Å². The minimum absolute atomic E-state index is 0.0271. The number of benzene rings is 2. The van der Waals surface area contributed by atoms with E-state index in [1.165, 1.54) is 0 Å². The zero-order valence-electron chi connectivity index (χ0n) is 21.1. The number of anilines is 1. The topological polar surface area (TPSA) is 107 Å². The Kier molecular flexibility index (Phi) is 7.87. The lowest BCUT2D eigenvalue weighted by atomic mass is 9.95. The molecule has 0 unspecified atom stereocenters. The Labute approximate surface area is 210 Å². The van der Waals surface area contributed by atoms with Crippen molar-refractivity contribution in [2.24, 2.45) is 5.92 Å². The highest BCUT2D eigenvalue weighted by Gasteiger charge is 2.28. The highest BCUT2D eigenvalue weighted by Crippen LogP contribution is 2.29. The molecule has 1 aliphatic heterocycles. The number of carbonyl (C=O) groups is 2. The molecule has 0 spiro atoms. The average Bonchev–Trinajstić information content (AvgIpc) is 3.38. The number of hydrogen-bond donors (Lipinski definition) is 1. The molecule has 2 amide bonds. The van der Waals surface area contributed by atoms with Crippen LogP contribution >= 0.6 is 0 Å². The monoisotopic (exact) mass is 492 g/mol. The van der Waals surface area contributed by atoms with Gasteiger partial charge in [-0.2, -0.15) is 4.98 Å². The van der Waals surface area contributed by atoms with Crippen molar-refractivity contribution in [1.29, 1.82) is 0 Å². The van der Waals surface area contributed by atoms with Gasteiger partial charge < -0.3 is 24.2 Å². The zero-order chi connectivity index (χ0) is 25.7. The van der Waals surface area contributed by atoms with Crippen LogP contribution in [0.2, 0.25) is 0 Å². The second-order valence-corrected chi connectivity index (χ2v) is 9.20. The van der Waals surface area contributed by atoms with Crippen LogP contribution in [0, 0.1) is 5.92 Å². The quantitative estimate of drug-likeness (QED) is 0.500. The normalized spacial score (nSPS) is 14.1. The third-order valence-corrected chi connectivity index (χ3v) is 6.34. The number of likely N-dealkylation sites (tertiary alicyclic amines) is 1. The van der Waals surface area contributed by atoms with Crippen LogP contribution in [0.15, 0.2) is 47.0 Å². The van der Waals surface area contributed by atoms with Gasteiger partial charge in [0.2, 0.25) is 11.8 Å². The summed E-state index contributed by atoms with van der Waals surface area (Å²) in [4.78, 5) is 32.0. The van der Waals surface area contributed by atoms with E-state index >= 15 is 0 Å². The summed E-state index contributed by atoms with van der Waals surface area (Å²) in [5, 5.41) is 7.03. The number of ether oxygens (including phenoxy) is 2. The van der Waals surface area contributed by atoms with Crippen LogP contribution in [-0.4, -0.2) is 54.2 Å². The highest BCUT2D eigenvalue weighted by atomic mass is 16.5. The van der Waals surface area contributed by atoms with Gasteiger partial charge in [-0.1, -0.05) is 31.1 Å². The van der Waals surface area contributed by atoms with Gasteiger partial charge in [0.1, 0.15) is 0 Å². The summed E-state index contributed by atoms with van der Waals surface area (Å²) in [6.07, 6.45) is 1.79. The van der Waals surface area contributed by atoms with Crippen molar-refractivity contribution >= 4 is 17.5 Å². The number of hydrogen-bond acceptors (Lipinski definition) is 7. The van der Waals surface area contributed by atoms with Crippen molar-refractivity contribution in [2.75, 3.05) is 32.6 Å². The summed E-state index contributed by atoms with van der Waals surface area (Å²) < 4.78 is 15.8. The van der Waals surface area contributed by atoms with E-state index in [0.717, 1.165) is 11.3 Å². The Bertz CT molecular complexity index is 1200. The van der Waals surface area contributed by atoms with Gasteiger partial charge in [-0.05, 0) is 48.7 Å². The molecule has 1 N–H and O–H groups in total. The SMILES string of the molecule is COc1ccc(C(=O)N2CCC(C(=O)Nc3ccc(Cc4noc(C(C)C)n4)cc3)CC2)cc1OC. The molecule has 1 aliphatic rings. The molecule has 0 bridgehead atoms. The number of nitrogens with zero attached hydrogens (tertiary/aromatic N) is 3. The lowest BCUT2D eigenvalue weighted by Crippen LogP contribution is -2.41. The van der Waals surface area contributed by atoms with Gasteiger partial charge in [-0.15, -0.1) is 0 Å². The van der Waals surface area contributed by atoms with Crippen molar-refractivity contribution in [1.82, 2.24) is 15.0 Å². The minimum Gasteiger partial charge on any atom is -0.493 e. The molecule has 2 aromatic carbocycles. The van der Waals surface area contributed by atoms with Crippen LogP contribution in [0.4, 0.5) is 5.69 Å². The largest absolute Gasteiger partial charge is 0.493 e. The number of nitrogens with one attached hydrogen (secondary N) is 1. The molecular formula is C27H32N4O5. The molecule has 9 nitrogen and oxygen atoms in total. The maximum Gasteiger partial charge on any atom is 0.253 e. The summed E-state index contributed by atoms with van der Waals surface area (Å²) in [6.45, 7) is 5.06. The molecule has 0 atom stereocenters. The first kappa shape index (κ1) is 25.2. The number of rotatable bonds is 8. The third-order valence-electron chi connectivity index (χ3n) is 6.34. The van der Waals surface area contributed by atoms with Gasteiger partial charge in [0.15, 0.2) is 17.3 Å². The fourth-order valence-corrected chi connectivity index (χ4v) is 4.20. The zero-order valence-corrected chi connectivity index (χ0v) is 21.1. The van der Waals surface area contributed by atoms with Crippen molar-refractivity contribution in [3.63, 3.8) is 0 Å². The molecule has 2 heterocycles. The van der Waals surface area contributed by atoms with Crippen LogP contribution < -0.4 is 14.8 Å². The summed E-state index contributed by atoms with van der Waals surface area (Å²) in [5.41, 5.74) is 2.31. The predicted molar refractivity (Wildman–Crippen MR) is 134 cm³/mol. The number of carbonyl (C=O) groups excluding carboxylic acids is 2. The van der Waals surface area contributed by atoms with E-state index in [-0.39, 0.29) is 23.7 Å². The highest BCUT2D eigenvalue weighted by molar-refractivity contribution is 5.96. The molecule has 0 aliphatic carbocycles. The molecule has 1 fully saturated rings. The molecule has 0 radical (unpaired) electrons. The molecule has 190 valence electrons. The van der Waals surface area contributed by atoms with E-state index in [0.29, 0.717) is 61.1 Å². The third kappa shape index (κ3) is 5.84. The molecule has 1 aromatic heterocycles. The molecule has 9 heteroatoms. The van der Waals surface area contributed by atoms with Crippen LogP contribution in [0.1, 0.15) is 60.2 Å². The molecule has 4 rings (SSSR count). The van der Waals surface area contributed by atoms with Crippen molar-refractivity contribution in [3.8, 4) is 11.5 Å². The first-order chi connectivity index (χ1) is 17.4. The number of amides is 2. The lowest BCUT2D eigenvalue weighted by Gasteiger charge is -2.31. The van der Waals surface area contributed by atoms with E-state index in [4.69, 9.17) is 14.0 Å². The maximum atomic E-state index is 12.9. The van der Waals surface area contributed by atoms with Gasteiger partial charge in [0.05, 0.1) is 14.2 Å². The van der Waals surface area contributed by atoms with E-state index in [1.807, 2.05) is 38.1 Å². The average molecular weight is 493 g/mol. The second kappa shape index (κ2) is 11.2. The number of aromatic nitrogens is 2. The Morgan fingerprint density at radius 2 is 1.75 bits per heavy atom. The summed E-state index contributed by atoms with van der Waals surface area (Å²) >= 11 is 0. The smallest absolute Gasteiger partial charge is 0.253 e.